The SMILES string of the molecule is Cc1ccnc(NCc2cccc(F)c2)c1Br. The van der Waals surface area contributed by atoms with Crippen molar-refractivity contribution in [1.29, 1.82) is 0 Å². The van der Waals surface area contributed by atoms with Gasteiger partial charge >= 0.3 is 0 Å². The van der Waals surface area contributed by atoms with E-state index < -0.39 is 0 Å². The molecule has 1 aromatic heterocycles. The Labute approximate surface area is 108 Å². The number of nitrogens with zero attached hydrogens (tertiary/aromatic N) is 1. The van der Waals surface area contributed by atoms with Crippen molar-refractivity contribution in [2.24, 2.45) is 0 Å². The molecule has 88 valence electrons. The lowest BCUT2D eigenvalue weighted by atomic mass is 10.2. The molecule has 2 rings (SSSR count). The van der Waals surface area contributed by atoms with Crippen LogP contribution in [0.2, 0.25) is 0 Å². The van der Waals surface area contributed by atoms with Crippen molar-refractivity contribution >= 4 is 21.7 Å². The van der Waals surface area contributed by atoms with E-state index in [1.54, 1.807) is 12.3 Å². The highest BCUT2D eigenvalue weighted by molar-refractivity contribution is 9.10. The summed E-state index contributed by atoms with van der Waals surface area (Å²) >= 11 is 3.47. The van der Waals surface area contributed by atoms with Crippen molar-refractivity contribution in [2.75, 3.05) is 5.32 Å². The van der Waals surface area contributed by atoms with Crippen molar-refractivity contribution in [3.63, 3.8) is 0 Å². The highest BCUT2D eigenvalue weighted by Crippen LogP contribution is 2.23. The molecule has 0 aliphatic heterocycles. The number of rotatable bonds is 3. The van der Waals surface area contributed by atoms with Gasteiger partial charge in [-0.25, -0.2) is 9.37 Å². The van der Waals surface area contributed by atoms with Crippen LogP contribution in [0.5, 0.6) is 0 Å². The van der Waals surface area contributed by atoms with Crippen LogP contribution in [0.15, 0.2) is 41.0 Å². The zero-order chi connectivity index (χ0) is 12.3. The third-order valence-electron chi connectivity index (χ3n) is 2.43. The maximum atomic E-state index is 13.0. The van der Waals surface area contributed by atoms with Gasteiger partial charge in [-0.1, -0.05) is 12.1 Å². The van der Waals surface area contributed by atoms with Crippen molar-refractivity contribution in [3.8, 4) is 0 Å². The van der Waals surface area contributed by atoms with E-state index in [9.17, 15) is 4.39 Å². The lowest BCUT2D eigenvalue weighted by molar-refractivity contribution is 0.626. The number of nitrogens with one attached hydrogen (secondary N) is 1. The summed E-state index contributed by atoms with van der Waals surface area (Å²) in [6, 6.07) is 8.45. The zero-order valence-electron chi connectivity index (χ0n) is 9.37. The van der Waals surface area contributed by atoms with Crippen molar-refractivity contribution < 1.29 is 4.39 Å². The predicted molar refractivity (Wildman–Crippen MR) is 70.4 cm³/mol. The van der Waals surface area contributed by atoms with Crippen molar-refractivity contribution in [3.05, 3.63) is 57.9 Å². The number of hydrogen-bond acceptors (Lipinski definition) is 2. The van der Waals surface area contributed by atoms with Crippen molar-refractivity contribution in [2.45, 2.75) is 13.5 Å². The van der Waals surface area contributed by atoms with E-state index in [0.717, 1.165) is 21.4 Å². The smallest absolute Gasteiger partial charge is 0.140 e. The minimum Gasteiger partial charge on any atom is -0.365 e. The van der Waals surface area contributed by atoms with E-state index in [2.05, 4.69) is 26.2 Å². The van der Waals surface area contributed by atoms with Gasteiger partial charge < -0.3 is 5.32 Å². The molecule has 1 heterocycles. The number of pyridine rings is 1. The van der Waals surface area contributed by atoms with E-state index in [-0.39, 0.29) is 5.82 Å². The minimum atomic E-state index is -0.222. The summed E-state index contributed by atoms with van der Waals surface area (Å²) in [7, 11) is 0. The molecule has 0 aliphatic carbocycles. The first kappa shape index (κ1) is 12.0. The summed E-state index contributed by atoms with van der Waals surface area (Å²) in [5.74, 6) is 0.551. The van der Waals surface area contributed by atoms with Gasteiger partial charge in [0.25, 0.3) is 0 Å². The summed E-state index contributed by atoms with van der Waals surface area (Å²) in [6.07, 6.45) is 1.74. The van der Waals surface area contributed by atoms with Crippen LogP contribution in [0.1, 0.15) is 11.1 Å². The Balaban J connectivity index is 2.10. The largest absolute Gasteiger partial charge is 0.365 e. The van der Waals surface area contributed by atoms with Crippen LogP contribution < -0.4 is 5.32 Å². The highest BCUT2D eigenvalue weighted by atomic mass is 79.9. The number of aryl methyl sites for hydroxylation is 1. The van der Waals surface area contributed by atoms with Crippen LogP contribution in [-0.4, -0.2) is 4.98 Å². The first-order chi connectivity index (χ1) is 8.16. The molecule has 0 unspecified atom stereocenters. The number of hydrogen-bond donors (Lipinski definition) is 1. The van der Waals surface area contributed by atoms with Gasteiger partial charge in [-0.15, -0.1) is 0 Å². The third-order valence-corrected chi connectivity index (χ3v) is 3.43. The Morgan fingerprint density at radius 1 is 1.35 bits per heavy atom. The standard InChI is InChI=1S/C13H12BrFN2/c1-9-5-6-16-13(12(9)14)17-8-10-3-2-4-11(15)7-10/h2-7H,8H2,1H3,(H,16,17). The van der Waals surface area contributed by atoms with Gasteiger partial charge in [-0.2, -0.15) is 0 Å². The molecule has 0 bridgehead atoms. The average molecular weight is 295 g/mol. The molecule has 0 atom stereocenters. The Bertz CT molecular complexity index is 529. The summed E-state index contributed by atoms with van der Waals surface area (Å²) in [6.45, 7) is 2.55. The van der Waals surface area contributed by atoms with Gasteiger partial charge in [0.1, 0.15) is 11.6 Å². The quantitative estimate of drug-likeness (QED) is 0.928. The van der Waals surface area contributed by atoms with Crippen LogP contribution in [-0.2, 0) is 6.54 Å². The lowest BCUT2D eigenvalue weighted by Crippen LogP contribution is -2.02. The zero-order valence-corrected chi connectivity index (χ0v) is 11.0. The number of halogens is 2. The van der Waals surface area contributed by atoms with Gasteiger partial charge in [-0.05, 0) is 52.2 Å². The van der Waals surface area contributed by atoms with E-state index >= 15 is 0 Å². The first-order valence-corrected chi connectivity index (χ1v) is 6.05. The van der Waals surface area contributed by atoms with Crippen molar-refractivity contribution in [1.82, 2.24) is 4.98 Å². The Kier molecular flexibility index (Phi) is 3.74. The second kappa shape index (κ2) is 5.27. The molecule has 0 radical (unpaired) electrons. The molecule has 1 N–H and O–H groups in total. The van der Waals surface area contributed by atoms with Gasteiger partial charge in [0, 0.05) is 12.7 Å². The van der Waals surface area contributed by atoms with Crippen LogP contribution in [0.25, 0.3) is 0 Å². The Morgan fingerprint density at radius 2 is 2.18 bits per heavy atom. The number of benzene rings is 1. The Morgan fingerprint density at radius 3 is 2.94 bits per heavy atom. The molecular formula is C13H12BrFN2. The van der Waals surface area contributed by atoms with E-state index in [1.165, 1.54) is 12.1 Å². The molecule has 0 amide bonds. The second-order valence-corrected chi connectivity index (χ2v) is 4.57. The molecule has 0 saturated carbocycles. The molecule has 2 aromatic rings. The molecule has 4 heteroatoms. The molecule has 0 aliphatic rings. The van der Waals surface area contributed by atoms with Gasteiger partial charge in [0.05, 0.1) is 4.47 Å². The van der Waals surface area contributed by atoms with Crippen LogP contribution >= 0.6 is 15.9 Å². The maximum Gasteiger partial charge on any atom is 0.140 e. The van der Waals surface area contributed by atoms with Gasteiger partial charge in [0.2, 0.25) is 0 Å². The summed E-state index contributed by atoms with van der Waals surface area (Å²) in [5, 5.41) is 3.17. The third kappa shape index (κ3) is 3.03. The predicted octanol–water partition coefficient (Wildman–Crippen LogP) is 3.90. The number of aromatic nitrogens is 1. The van der Waals surface area contributed by atoms with Crippen LogP contribution in [0.3, 0.4) is 0 Å². The van der Waals surface area contributed by atoms with Crippen LogP contribution in [0, 0.1) is 12.7 Å². The minimum absolute atomic E-state index is 0.222. The van der Waals surface area contributed by atoms with Gasteiger partial charge in [-0.3, -0.25) is 0 Å². The normalized spacial score (nSPS) is 10.3. The van der Waals surface area contributed by atoms with E-state index in [0.29, 0.717) is 6.54 Å². The molecule has 2 nitrogen and oxygen atoms in total. The average Bonchev–Trinajstić information content (AvgIpc) is 2.31. The number of anilines is 1. The monoisotopic (exact) mass is 294 g/mol. The van der Waals surface area contributed by atoms with Crippen LogP contribution in [0.4, 0.5) is 10.2 Å². The topological polar surface area (TPSA) is 24.9 Å². The lowest BCUT2D eigenvalue weighted by Gasteiger charge is -2.09. The summed E-state index contributed by atoms with van der Waals surface area (Å²) in [4.78, 5) is 4.22. The molecule has 0 spiro atoms. The molecule has 0 fully saturated rings. The first-order valence-electron chi connectivity index (χ1n) is 5.26. The summed E-state index contributed by atoms with van der Waals surface area (Å²) < 4.78 is 13.9. The fraction of sp³-hybridized carbons (Fsp3) is 0.154. The van der Waals surface area contributed by atoms with E-state index in [4.69, 9.17) is 0 Å². The molecule has 0 saturated heterocycles. The molecule has 1 aromatic carbocycles. The van der Waals surface area contributed by atoms with Gasteiger partial charge in [0.15, 0.2) is 0 Å². The molecular weight excluding hydrogens is 283 g/mol. The maximum absolute atomic E-state index is 13.0. The Hall–Kier alpha value is -1.42. The van der Waals surface area contributed by atoms with E-state index in [1.807, 2.05) is 19.1 Å². The summed E-state index contributed by atoms with van der Waals surface area (Å²) in [5.41, 5.74) is 2.00. The fourth-order valence-electron chi connectivity index (χ4n) is 1.50. The second-order valence-electron chi connectivity index (χ2n) is 3.77. The molecule has 17 heavy (non-hydrogen) atoms. The fourth-order valence-corrected chi connectivity index (χ4v) is 1.87. The highest BCUT2D eigenvalue weighted by Gasteiger charge is 2.03.